The van der Waals surface area contributed by atoms with Gasteiger partial charge in [0.1, 0.15) is 6.54 Å². The van der Waals surface area contributed by atoms with E-state index in [0.717, 1.165) is 12.3 Å². The van der Waals surface area contributed by atoms with Gasteiger partial charge in [0.2, 0.25) is 9.84 Å². The van der Waals surface area contributed by atoms with Crippen LogP contribution in [-0.4, -0.2) is 33.6 Å². The normalized spacial score (nSPS) is 13.8. The molecule has 1 aromatic heterocycles. The maximum Gasteiger partial charge on any atom is 0.497 e. The SMILES string of the molecule is O=S(=O)(CCCC[n+]1cccc(CS(=O)(=O)C(F)(F)F)c1)C(F)(F)F. The van der Waals surface area contributed by atoms with Crippen LogP contribution in [0, 0.1) is 0 Å². The predicted molar refractivity (Wildman–Crippen MR) is 74.4 cm³/mol. The fourth-order valence-electron chi connectivity index (χ4n) is 1.80. The van der Waals surface area contributed by atoms with Crippen molar-refractivity contribution >= 4 is 19.7 Å². The molecule has 0 aliphatic heterocycles. The summed E-state index contributed by atoms with van der Waals surface area (Å²) in [6, 6.07) is 2.45. The molecule has 0 saturated heterocycles. The van der Waals surface area contributed by atoms with Gasteiger partial charge in [-0.3, -0.25) is 0 Å². The van der Waals surface area contributed by atoms with E-state index < -0.39 is 42.2 Å². The van der Waals surface area contributed by atoms with Crippen LogP contribution in [0.2, 0.25) is 0 Å². The van der Waals surface area contributed by atoms with Crippen molar-refractivity contribution in [3.8, 4) is 0 Å². The number of sulfone groups is 2. The van der Waals surface area contributed by atoms with E-state index in [9.17, 15) is 43.2 Å². The summed E-state index contributed by atoms with van der Waals surface area (Å²) in [5.74, 6) is -2.36. The van der Waals surface area contributed by atoms with Crippen molar-refractivity contribution in [1.29, 1.82) is 0 Å². The monoisotopic (exact) mass is 414 g/mol. The number of pyridine rings is 1. The van der Waals surface area contributed by atoms with Crippen molar-refractivity contribution in [1.82, 2.24) is 0 Å². The zero-order valence-electron chi connectivity index (χ0n) is 12.5. The first kappa shape index (κ1) is 21.7. The number of aryl methyl sites for hydroxylation is 1. The molecular formula is C12H14F6NO4S2+. The molecule has 1 rings (SSSR count). The third-order valence-corrected chi connectivity index (χ3v) is 6.01. The van der Waals surface area contributed by atoms with Crippen LogP contribution >= 0.6 is 0 Å². The molecule has 0 saturated carbocycles. The zero-order valence-corrected chi connectivity index (χ0v) is 14.1. The van der Waals surface area contributed by atoms with Crippen molar-refractivity contribution in [3.05, 3.63) is 30.1 Å². The van der Waals surface area contributed by atoms with E-state index in [1.54, 1.807) is 0 Å². The largest absolute Gasteiger partial charge is 0.497 e. The second kappa shape index (κ2) is 7.48. The lowest BCUT2D eigenvalue weighted by molar-refractivity contribution is -0.697. The number of rotatable bonds is 7. The second-order valence-electron chi connectivity index (χ2n) is 5.13. The van der Waals surface area contributed by atoms with Gasteiger partial charge in [0.15, 0.2) is 12.4 Å². The Kier molecular flexibility index (Phi) is 6.48. The molecule has 0 aromatic carbocycles. The van der Waals surface area contributed by atoms with Crippen LogP contribution < -0.4 is 4.57 Å². The molecule has 0 spiro atoms. The molecule has 5 nitrogen and oxygen atoms in total. The van der Waals surface area contributed by atoms with E-state index in [0.29, 0.717) is 0 Å². The van der Waals surface area contributed by atoms with E-state index in [4.69, 9.17) is 0 Å². The Balaban J connectivity index is 2.66. The first-order valence-corrected chi connectivity index (χ1v) is 10.0. The van der Waals surface area contributed by atoms with E-state index in [1.165, 1.54) is 16.8 Å². The van der Waals surface area contributed by atoms with E-state index in [1.807, 2.05) is 0 Å². The fraction of sp³-hybridized carbons (Fsp3) is 0.583. The van der Waals surface area contributed by atoms with Crippen LogP contribution in [0.3, 0.4) is 0 Å². The topological polar surface area (TPSA) is 72.2 Å². The standard InChI is InChI=1S/C12H14F6NO4S2/c13-11(14,15)24(20,21)7-2-1-5-19-6-3-4-10(8-19)9-25(22,23)12(16,17)18/h3-4,6,8H,1-2,5,7,9H2/q+1. The number of halogens is 6. The van der Waals surface area contributed by atoms with Gasteiger partial charge in [0.05, 0.1) is 11.5 Å². The van der Waals surface area contributed by atoms with Crippen LogP contribution in [0.1, 0.15) is 18.4 Å². The maximum absolute atomic E-state index is 12.3. The summed E-state index contributed by atoms with van der Waals surface area (Å²) in [6.07, 6.45) is 2.19. The molecule has 13 heteroatoms. The number of unbranched alkanes of at least 4 members (excludes halogenated alkanes) is 1. The van der Waals surface area contributed by atoms with Crippen LogP contribution in [0.15, 0.2) is 24.5 Å². The Morgan fingerprint density at radius 3 is 1.96 bits per heavy atom. The highest BCUT2D eigenvalue weighted by molar-refractivity contribution is 7.92. The van der Waals surface area contributed by atoms with Gasteiger partial charge >= 0.3 is 11.0 Å². The minimum Gasteiger partial charge on any atom is -0.220 e. The van der Waals surface area contributed by atoms with Gasteiger partial charge in [-0.25, -0.2) is 21.4 Å². The lowest BCUT2D eigenvalue weighted by Crippen LogP contribution is -2.34. The maximum atomic E-state index is 12.3. The van der Waals surface area contributed by atoms with Crippen molar-refractivity contribution in [2.24, 2.45) is 0 Å². The lowest BCUT2D eigenvalue weighted by atomic mass is 10.3. The third-order valence-electron chi connectivity index (χ3n) is 3.06. The minimum absolute atomic E-state index is 0.00938. The van der Waals surface area contributed by atoms with Gasteiger partial charge in [0, 0.05) is 18.1 Å². The van der Waals surface area contributed by atoms with Crippen LogP contribution in [0.25, 0.3) is 0 Å². The Labute approximate surface area is 140 Å². The van der Waals surface area contributed by atoms with Crippen LogP contribution in [0.4, 0.5) is 26.3 Å². The molecule has 25 heavy (non-hydrogen) atoms. The first-order chi connectivity index (χ1) is 11.2. The molecule has 0 N–H and O–H groups in total. The quantitative estimate of drug-likeness (QED) is 0.389. The molecule has 0 atom stereocenters. The Morgan fingerprint density at radius 1 is 0.880 bits per heavy atom. The van der Waals surface area contributed by atoms with Gasteiger partial charge in [-0.1, -0.05) is 0 Å². The highest BCUT2D eigenvalue weighted by Crippen LogP contribution is 2.26. The number of nitrogens with zero attached hydrogens (tertiary/aromatic N) is 1. The molecule has 0 aliphatic rings. The lowest BCUT2D eigenvalue weighted by Gasteiger charge is -2.08. The third kappa shape index (κ3) is 6.13. The summed E-state index contributed by atoms with van der Waals surface area (Å²) < 4.78 is 119. The van der Waals surface area contributed by atoms with Gasteiger partial charge in [-0.05, 0) is 12.5 Å². The summed E-state index contributed by atoms with van der Waals surface area (Å²) in [5.41, 5.74) is -10.9. The molecule has 0 bridgehead atoms. The summed E-state index contributed by atoms with van der Waals surface area (Å²) in [5, 5.41) is 0. The minimum atomic E-state index is -5.39. The van der Waals surface area contributed by atoms with Gasteiger partial charge in [-0.2, -0.15) is 26.3 Å². The molecule has 0 unspecified atom stereocenters. The summed E-state index contributed by atoms with van der Waals surface area (Å²) >= 11 is 0. The van der Waals surface area contributed by atoms with Gasteiger partial charge in [-0.15, -0.1) is 0 Å². The Hall–Kier alpha value is -1.37. The van der Waals surface area contributed by atoms with E-state index in [2.05, 4.69) is 0 Å². The van der Waals surface area contributed by atoms with Crippen molar-refractivity contribution in [2.75, 3.05) is 5.75 Å². The van der Waals surface area contributed by atoms with E-state index in [-0.39, 0.29) is 24.9 Å². The van der Waals surface area contributed by atoms with Gasteiger partial charge in [0.25, 0.3) is 9.84 Å². The molecule has 1 heterocycles. The van der Waals surface area contributed by atoms with Crippen LogP contribution in [0.5, 0.6) is 0 Å². The highest BCUT2D eigenvalue weighted by atomic mass is 32.2. The molecule has 144 valence electrons. The molecule has 0 radical (unpaired) electrons. The van der Waals surface area contributed by atoms with E-state index >= 15 is 0 Å². The predicted octanol–water partition coefficient (Wildman–Crippen LogP) is 2.12. The van der Waals surface area contributed by atoms with Gasteiger partial charge < -0.3 is 0 Å². The molecular weight excluding hydrogens is 400 g/mol. The van der Waals surface area contributed by atoms with Crippen LogP contribution in [-0.2, 0) is 32.0 Å². The Morgan fingerprint density at radius 2 is 1.44 bits per heavy atom. The molecule has 0 fully saturated rings. The molecule has 0 amide bonds. The first-order valence-electron chi connectivity index (χ1n) is 6.72. The summed E-state index contributed by atoms with van der Waals surface area (Å²) in [6.45, 7) is 0.0211. The number of hydrogen-bond acceptors (Lipinski definition) is 4. The fourth-order valence-corrected chi connectivity index (χ4v) is 3.39. The number of alkyl halides is 6. The summed E-state index contributed by atoms with van der Waals surface area (Å²) in [7, 11) is -10.6. The molecule has 0 aliphatic carbocycles. The Bertz CT molecular complexity index is 800. The number of aromatic nitrogens is 1. The average molecular weight is 414 g/mol. The summed E-state index contributed by atoms with van der Waals surface area (Å²) in [4.78, 5) is 0. The smallest absolute Gasteiger partial charge is 0.220 e. The number of hydrogen-bond donors (Lipinski definition) is 0. The molecule has 1 aromatic rings. The second-order valence-corrected chi connectivity index (χ2v) is 9.21. The average Bonchev–Trinajstić information content (AvgIpc) is 2.41. The van der Waals surface area contributed by atoms with Crippen molar-refractivity contribution in [3.63, 3.8) is 0 Å². The highest BCUT2D eigenvalue weighted by Gasteiger charge is 2.46. The van der Waals surface area contributed by atoms with Crippen molar-refractivity contribution < 1.29 is 47.7 Å². The van der Waals surface area contributed by atoms with Crippen molar-refractivity contribution in [2.45, 2.75) is 36.2 Å². The zero-order chi connectivity index (χ0) is 19.5.